The maximum absolute atomic E-state index is 12.7. The number of hydrogen-bond donors (Lipinski definition) is 2. The van der Waals surface area contributed by atoms with Gasteiger partial charge in [0.15, 0.2) is 5.82 Å². The molecule has 0 fully saturated rings. The van der Waals surface area contributed by atoms with Crippen LogP contribution in [0.1, 0.15) is 23.6 Å². The molecule has 3 aromatic rings. The van der Waals surface area contributed by atoms with Crippen LogP contribution in [0.4, 0.5) is 5.69 Å². The standard InChI is InChI=1S/C20H22ClN5OS/c1-11-8-12(2)17(13(3)9-11)23-19(27)14(4)28-20-25-24-18(26(20)22)15-6-5-7-16(21)10-15/h5-10,14H,22H2,1-4H3,(H,23,27)/t14-/m1/s1. The van der Waals surface area contributed by atoms with Crippen molar-refractivity contribution in [2.24, 2.45) is 0 Å². The second-order valence-corrected chi connectivity index (χ2v) is 8.45. The predicted molar refractivity (Wildman–Crippen MR) is 115 cm³/mol. The number of nitrogens with zero attached hydrogens (tertiary/aromatic N) is 3. The van der Waals surface area contributed by atoms with E-state index in [4.69, 9.17) is 17.4 Å². The lowest BCUT2D eigenvalue weighted by molar-refractivity contribution is -0.115. The van der Waals surface area contributed by atoms with Gasteiger partial charge in [-0.1, -0.05) is 53.2 Å². The summed E-state index contributed by atoms with van der Waals surface area (Å²) in [5, 5.41) is 11.9. The van der Waals surface area contributed by atoms with E-state index in [0.717, 1.165) is 22.4 Å². The summed E-state index contributed by atoms with van der Waals surface area (Å²) in [6.07, 6.45) is 0. The van der Waals surface area contributed by atoms with Crippen LogP contribution in [0.2, 0.25) is 5.02 Å². The molecule has 1 amide bonds. The van der Waals surface area contributed by atoms with Gasteiger partial charge < -0.3 is 11.2 Å². The highest BCUT2D eigenvalue weighted by molar-refractivity contribution is 8.00. The number of aromatic nitrogens is 3. The SMILES string of the molecule is Cc1cc(C)c(NC(=O)[C@@H](C)Sc2nnc(-c3cccc(Cl)c3)n2N)c(C)c1. The van der Waals surface area contributed by atoms with Gasteiger partial charge in [-0.3, -0.25) is 4.79 Å². The third-order valence-corrected chi connectivity index (χ3v) is 5.62. The fraction of sp³-hybridized carbons (Fsp3) is 0.250. The van der Waals surface area contributed by atoms with E-state index in [0.29, 0.717) is 16.0 Å². The van der Waals surface area contributed by atoms with Crippen LogP contribution >= 0.6 is 23.4 Å². The molecule has 3 rings (SSSR count). The van der Waals surface area contributed by atoms with Gasteiger partial charge in [0, 0.05) is 16.3 Å². The Bertz CT molecular complexity index is 1010. The lowest BCUT2D eigenvalue weighted by Gasteiger charge is -2.16. The summed E-state index contributed by atoms with van der Waals surface area (Å²) in [5.41, 5.74) is 4.84. The molecule has 6 nitrogen and oxygen atoms in total. The molecule has 1 atom stereocenters. The molecule has 0 spiro atoms. The molecule has 0 bridgehead atoms. The van der Waals surface area contributed by atoms with E-state index < -0.39 is 5.25 Å². The number of carbonyl (C=O) groups excluding carboxylic acids is 1. The van der Waals surface area contributed by atoms with Gasteiger partial charge >= 0.3 is 0 Å². The van der Waals surface area contributed by atoms with Crippen molar-refractivity contribution in [1.82, 2.24) is 14.9 Å². The molecule has 0 aliphatic heterocycles. The number of hydrogen-bond acceptors (Lipinski definition) is 5. The van der Waals surface area contributed by atoms with Crippen LogP contribution in [-0.2, 0) is 4.79 Å². The van der Waals surface area contributed by atoms with E-state index >= 15 is 0 Å². The Labute approximate surface area is 173 Å². The van der Waals surface area contributed by atoms with Crippen molar-refractivity contribution in [3.05, 3.63) is 58.1 Å². The third-order valence-electron chi connectivity index (χ3n) is 4.32. The quantitative estimate of drug-likeness (QED) is 0.477. The van der Waals surface area contributed by atoms with Crippen molar-refractivity contribution in [3.8, 4) is 11.4 Å². The highest BCUT2D eigenvalue weighted by Crippen LogP contribution is 2.28. The minimum atomic E-state index is -0.404. The van der Waals surface area contributed by atoms with Crippen molar-refractivity contribution < 1.29 is 4.79 Å². The minimum Gasteiger partial charge on any atom is -0.335 e. The highest BCUT2D eigenvalue weighted by atomic mass is 35.5. The number of nitrogens with one attached hydrogen (secondary N) is 1. The van der Waals surface area contributed by atoms with Crippen molar-refractivity contribution in [2.45, 2.75) is 38.1 Å². The van der Waals surface area contributed by atoms with Crippen molar-refractivity contribution in [2.75, 3.05) is 11.2 Å². The Kier molecular flexibility index (Phi) is 5.96. The zero-order chi connectivity index (χ0) is 20.4. The van der Waals surface area contributed by atoms with Crippen molar-refractivity contribution >= 4 is 35.0 Å². The van der Waals surface area contributed by atoms with Crippen LogP contribution in [-0.4, -0.2) is 26.0 Å². The molecule has 146 valence electrons. The number of anilines is 1. The first kappa shape index (κ1) is 20.2. The highest BCUT2D eigenvalue weighted by Gasteiger charge is 2.21. The Balaban J connectivity index is 1.75. The Hall–Kier alpha value is -2.51. The van der Waals surface area contributed by atoms with Gasteiger partial charge in [-0.05, 0) is 51.0 Å². The molecule has 8 heteroatoms. The number of nitrogen functional groups attached to an aromatic ring is 1. The average Bonchev–Trinajstić information content (AvgIpc) is 2.98. The lowest BCUT2D eigenvalue weighted by Crippen LogP contribution is -2.24. The van der Waals surface area contributed by atoms with Crippen LogP contribution in [0.5, 0.6) is 0 Å². The maximum atomic E-state index is 12.7. The van der Waals surface area contributed by atoms with E-state index in [9.17, 15) is 4.79 Å². The molecular weight excluding hydrogens is 394 g/mol. The molecule has 28 heavy (non-hydrogen) atoms. The summed E-state index contributed by atoms with van der Waals surface area (Å²) < 4.78 is 1.38. The molecule has 0 aliphatic carbocycles. The van der Waals surface area contributed by atoms with Gasteiger partial charge in [-0.15, -0.1) is 10.2 Å². The smallest absolute Gasteiger partial charge is 0.237 e. The van der Waals surface area contributed by atoms with Crippen LogP contribution in [0.3, 0.4) is 0 Å². The molecule has 0 saturated carbocycles. The minimum absolute atomic E-state index is 0.118. The number of aryl methyl sites for hydroxylation is 3. The molecule has 0 aliphatic rings. The van der Waals surface area contributed by atoms with Gasteiger partial charge in [-0.2, -0.15) is 0 Å². The predicted octanol–water partition coefficient (Wildman–Crippen LogP) is 4.36. The first-order chi connectivity index (χ1) is 13.3. The summed E-state index contributed by atoms with van der Waals surface area (Å²) in [4.78, 5) is 12.7. The molecule has 2 aromatic carbocycles. The van der Waals surface area contributed by atoms with Crippen LogP contribution < -0.4 is 11.2 Å². The maximum Gasteiger partial charge on any atom is 0.237 e. The number of carbonyl (C=O) groups is 1. The first-order valence-corrected chi connectivity index (χ1v) is 10.0. The molecule has 0 radical (unpaired) electrons. The third kappa shape index (κ3) is 4.31. The van der Waals surface area contributed by atoms with Crippen LogP contribution in [0.25, 0.3) is 11.4 Å². The number of amides is 1. The molecule has 1 heterocycles. The van der Waals surface area contributed by atoms with Crippen LogP contribution in [0.15, 0.2) is 41.6 Å². The summed E-state index contributed by atoms with van der Waals surface area (Å²) in [6, 6.07) is 11.3. The van der Waals surface area contributed by atoms with Crippen LogP contribution in [0, 0.1) is 20.8 Å². The second kappa shape index (κ2) is 8.24. The monoisotopic (exact) mass is 415 g/mol. The van der Waals surface area contributed by atoms with E-state index in [1.807, 2.05) is 52.0 Å². The number of nitrogens with two attached hydrogens (primary N) is 1. The summed E-state index contributed by atoms with van der Waals surface area (Å²) in [5.74, 6) is 6.52. The average molecular weight is 416 g/mol. The molecule has 0 unspecified atom stereocenters. The van der Waals surface area contributed by atoms with E-state index in [1.165, 1.54) is 22.0 Å². The molecule has 0 saturated heterocycles. The Morgan fingerprint density at radius 3 is 2.50 bits per heavy atom. The number of rotatable bonds is 5. The lowest BCUT2D eigenvalue weighted by atomic mass is 10.1. The zero-order valence-corrected chi connectivity index (χ0v) is 17.7. The van der Waals surface area contributed by atoms with E-state index in [2.05, 4.69) is 15.5 Å². The van der Waals surface area contributed by atoms with Gasteiger partial charge in [0.1, 0.15) is 0 Å². The largest absolute Gasteiger partial charge is 0.335 e. The number of halogens is 1. The van der Waals surface area contributed by atoms with E-state index in [-0.39, 0.29) is 5.91 Å². The van der Waals surface area contributed by atoms with Crippen molar-refractivity contribution in [1.29, 1.82) is 0 Å². The van der Waals surface area contributed by atoms with Gasteiger partial charge in [0.25, 0.3) is 0 Å². The topological polar surface area (TPSA) is 85.8 Å². The molecule has 3 N–H and O–H groups in total. The number of benzene rings is 2. The zero-order valence-electron chi connectivity index (χ0n) is 16.2. The summed E-state index contributed by atoms with van der Waals surface area (Å²) in [6.45, 7) is 7.82. The Morgan fingerprint density at radius 1 is 1.18 bits per heavy atom. The second-order valence-electron chi connectivity index (χ2n) is 6.71. The fourth-order valence-corrected chi connectivity index (χ4v) is 3.96. The van der Waals surface area contributed by atoms with Gasteiger partial charge in [0.05, 0.1) is 5.25 Å². The van der Waals surface area contributed by atoms with Gasteiger partial charge in [-0.25, -0.2) is 4.68 Å². The molecule has 1 aromatic heterocycles. The summed E-state index contributed by atoms with van der Waals surface area (Å²) in [7, 11) is 0. The number of thioether (sulfide) groups is 1. The van der Waals surface area contributed by atoms with Gasteiger partial charge in [0.2, 0.25) is 11.1 Å². The molecular formula is C20H22ClN5OS. The Morgan fingerprint density at radius 2 is 1.86 bits per heavy atom. The fourth-order valence-electron chi connectivity index (χ4n) is 3.00. The van der Waals surface area contributed by atoms with Crippen molar-refractivity contribution in [3.63, 3.8) is 0 Å². The summed E-state index contributed by atoms with van der Waals surface area (Å²) >= 11 is 7.29. The first-order valence-electron chi connectivity index (χ1n) is 8.78. The van der Waals surface area contributed by atoms with E-state index in [1.54, 1.807) is 12.1 Å². The normalized spacial score (nSPS) is 12.0.